The lowest BCUT2D eigenvalue weighted by Crippen LogP contribution is -2.57. The van der Waals surface area contributed by atoms with E-state index in [9.17, 15) is 39.0 Å². The van der Waals surface area contributed by atoms with Crippen molar-refractivity contribution in [2.24, 2.45) is 5.41 Å². The Labute approximate surface area is 415 Å². The molecule has 0 radical (unpaired) electrons. The van der Waals surface area contributed by atoms with Crippen molar-refractivity contribution < 1.29 is 53.0 Å². The number of hydrogen-bond acceptors (Lipinski definition) is 14. The van der Waals surface area contributed by atoms with E-state index in [1.165, 1.54) is 28.0 Å². The second kappa shape index (κ2) is 22.7. The van der Waals surface area contributed by atoms with Crippen LogP contribution in [0.25, 0.3) is 21.8 Å². The summed E-state index contributed by atoms with van der Waals surface area (Å²) >= 11 is 1.56. The Bertz CT molecular complexity index is 2750. The van der Waals surface area contributed by atoms with Gasteiger partial charge in [0.1, 0.15) is 23.6 Å². The van der Waals surface area contributed by atoms with Crippen LogP contribution in [-0.2, 0) is 36.9 Å². The number of fused-ring (bicyclic) bond motifs is 1. The average molecular weight is 993 g/mol. The number of phenolic OH excluding ortho intramolecular Hbond substituents is 1. The summed E-state index contributed by atoms with van der Waals surface area (Å²) in [4.78, 5) is 86.8. The molecule has 376 valence electrons. The van der Waals surface area contributed by atoms with Gasteiger partial charge in [0.05, 0.1) is 47.0 Å². The van der Waals surface area contributed by atoms with Crippen molar-refractivity contribution in [1.82, 2.24) is 41.2 Å². The topological polar surface area (TPSA) is 255 Å². The molecule has 0 spiro atoms. The molecule has 19 nitrogen and oxygen atoms in total. The number of β-amino-alcohol motifs (C(OH)–C–C–N with tert-alkyl or cyclic N) is 1. The molecule has 5 aromatic rings. The van der Waals surface area contributed by atoms with Crippen LogP contribution in [0.5, 0.6) is 11.5 Å². The standard InChI is InChI=1S/C51H60N8O11S/c1-29-45(71-28-54-29)32-9-7-30(8-10-32)25-53-48(65)40-22-34(60)26-59(40)50(67)46(51(2,3)4)56-43(62)17-19-68-20-18-52-44(63)27-69-35-14-11-31-13-16-38(37(31)23-35)55-47(64)39-24-42(70-57-39)33-12-15-36(41(61)21-33)49(66)58(5)6/h7-12,14-15,21,23-24,28,34,38,40,46,60-61H,13,16-20,22,25-27H2,1-6H3,(H,52,63)(H,53,65)(H,55,64)(H,56,62)/t34-,38-,40+,46?/m1/s1. The summed E-state index contributed by atoms with van der Waals surface area (Å²) in [6, 6.07) is 16.9. The number of likely N-dealkylation sites (tertiary alicyclic amines) is 1. The van der Waals surface area contributed by atoms with E-state index in [1.807, 2.05) is 58.0 Å². The first-order valence-electron chi connectivity index (χ1n) is 23.3. The van der Waals surface area contributed by atoms with Crippen molar-refractivity contribution in [2.75, 3.05) is 47.0 Å². The predicted octanol–water partition coefficient (Wildman–Crippen LogP) is 4.31. The van der Waals surface area contributed by atoms with E-state index in [0.29, 0.717) is 17.7 Å². The minimum absolute atomic E-state index is 0.0188. The molecule has 7 rings (SSSR count). The summed E-state index contributed by atoms with van der Waals surface area (Å²) in [7, 11) is 3.16. The molecule has 0 bridgehead atoms. The number of ether oxygens (including phenoxy) is 2. The Morgan fingerprint density at radius 3 is 2.42 bits per heavy atom. The fourth-order valence-electron chi connectivity index (χ4n) is 8.42. The maximum Gasteiger partial charge on any atom is 0.273 e. The molecule has 4 atom stereocenters. The van der Waals surface area contributed by atoms with Crippen LogP contribution >= 0.6 is 11.3 Å². The van der Waals surface area contributed by atoms with Crippen LogP contribution in [0.15, 0.2) is 76.8 Å². The number of carbonyl (C=O) groups is 6. The number of aryl methyl sites for hydroxylation is 2. The summed E-state index contributed by atoms with van der Waals surface area (Å²) in [5.41, 5.74) is 6.40. The summed E-state index contributed by atoms with van der Waals surface area (Å²) < 4.78 is 16.8. The molecule has 1 saturated heterocycles. The SMILES string of the molecule is Cc1ncsc1-c1ccc(CNC(=O)[C@@H]2C[C@@H](O)CN2C(=O)C(NC(=O)CCOCCNC(=O)COc2ccc3c(c2)[C@H](NC(=O)c2cc(-c4ccc(C(=O)N(C)C)c(O)c4)on2)CC3)C(C)(C)C)cc1. The summed E-state index contributed by atoms with van der Waals surface area (Å²) in [5.74, 6) is -2.07. The Balaban J connectivity index is 0.809. The molecule has 1 fully saturated rings. The third-order valence-corrected chi connectivity index (χ3v) is 13.3. The molecule has 3 heterocycles. The Hall–Kier alpha value is -7.16. The number of thiazole rings is 1. The third kappa shape index (κ3) is 13.0. The Morgan fingerprint density at radius 2 is 1.72 bits per heavy atom. The fraction of sp³-hybridized carbons (Fsp3) is 0.412. The molecule has 6 amide bonds. The number of amides is 6. The lowest BCUT2D eigenvalue weighted by molar-refractivity contribution is -0.144. The smallest absolute Gasteiger partial charge is 0.273 e. The zero-order valence-corrected chi connectivity index (χ0v) is 41.4. The van der Waals surface area contributed by atoms with Gasteiger partial charge in [-0.3, -0.25) is 28.8 Å². The van der Waals surface area contributed by atoms with Gasteiger partial charge in [-0.2, -0.15) is 0 Å². The van der Waals surface area contributed by atoms with Gasteiger partial charge in [0.15, 0.2) is 18.1 Å². The number of nitrogens with zero attached hydrogens (tertiary/aromatic N) is 4. The number of aromatic nitrogens is 2. The summed E-state index contributed by atoms with van der Waals surface area (Å²) in [6.07, 6.45) is 0.466. The van der Waals surface area contributed by atoms with Crippen LogP contribution in [0.1, 0.15) is 89.3 Å². The van der Waals surface area contributed by atoms with Crippen molar-refractivity contribution in [3.63, 3.8) is 0 Å². The van der Waals surface area contributed by atoms with E-state index in [0.717, 1.165) is 39.2 Å². The number of aliphatic hydroxyl groups is 1. The maximum absolute atomic E-state index is 14.0. The monoisotopic (exact) mass is 992 g/mol. The second-order valence-electron chi connectivity index (χ2n) is 18.9. The van der Waals surface area contributed by atoms with Crippen LogP contribution in [0.4, 0.5) is 0 Å². The van der Waals surface area contributed by atoms with E-state index in [-0.39, 0.29) is 87.0 Å². The minimum atomic E-state index is -0.988. The highest BCUT2D eigenvalue weighted by atomic mass is 32.1. The van der Waals surface area contributed by atoms with Gasteiger partial charge in [-0.05, 0) is 71.7 Å². The van der Waals surface area contributed by atoms with Gasteiger partial charge in [0, 0.05) is 58.2 Å². The summed E-state index contributed by atoms with van der Waals surface area (Å²) in [5, 5.41) is 36.3. The quantitative estimate of drug-likeness (QED) is 0.0632. The number of aromatic hydroxyl groups is 1. The molecule has 3 aromatic carbocycles. The normalized spacial score (nSPS) is 16.7. The number of benzene rings is 3. The highest BCUT2D eigenvalue weighted by Gasteiger charge is 2.44. The Morgan fingerprint density at radius 1 is 0.958 bits per heavy atom. The molecule has 20 heteroatoms. The Kier molecular flexibility index (Phi) is 16.5. The zero-order valence-electron chi connectivity index (χ0n) is 40.6. The molecule has 2 aliphatic rings. The third-order valence-electron chi connectivity index (χ3n) is 12.3. The van der Waals surface area contributed by atoms with E-state index in [4.69, 9.17) is 14.0 Å². The number of rotatable bonds is 19. The average Bonchev–Trinajstić information content (AvgIpc) is 4.17. The van der Waals surface area contributed by atoms with E-state index >= 15 is 0 Å². The van der Waals surface area contributed by atoms with Gasteiger partial charge in [-0.15, -0.1) is 11.3 Å². The van der Waals surface area contributed by atoms with Crippen molar-refractivity contribution >= 4 is 46.8 Å². The maximum atomic E-state index is 14.0. The molecule has 71 heavy (non-hydrogen) atoms. The predicted molar refractivity (Wildman–Crippen MR) is 262 cm³/mol. The summed E-state index contributed by atoms with van der Waals surface area (Å²) in [6.45, 7) is 7.58. The minimum Gasteiger partial charge on any atom is -0.507 e. The first kappa shape index (κ1) is 51.7. The van der Waals surface area contributed by atoms with Gasteiger partial charge >= 0.3 is 0 Å². The molecule has 1 aliphatic carbocycles. The molecule has 1 unspecified atom stereocenters. The van der Waals surface area contributed by atoms with Gasteiger partial charge in [0.2, 0.25) is 17.7 Å². The molecule has 6 N–H and O–H groups in total. The van der Waals surface area contributed by atoms with Crippen LogP contribution in [-0.4, -0.2) is 131 Å². The van der Waals surface area contributed by atoms with Crippen molar-refractivity contribution in [1.29, 1.82) is 0 Å². The lowest BCUT2D eigenvalue weighted by atomic mass is 9.85. The van der Waals surface area contributed by atoms with Crippen molar-refractivity contribution in [3.05, 3.63) is 106 Å². The van der Waals surface area contributed by atoms with Crippen LogP contribution in [0, 0.1) is 12.3 Å². The highest BCUT2D eigenvalue weighted by molar-refractivity contribution is 7.13. The fourth-order valence-corrected chi connectivity index (χ4v) is 9.23. The molecular formula is C51H60N8O11S. The van der Waals surface area contributed by atoms with Crippen LogP contribution in [0.2, 0.25) is 0 Å². The largest absolute Gasteiger partial charge is 0.507 e. The first-order valence-corrected chi connectivity index (χ1v) is 24.2. The lowest BCUT2D eigenvalue weighted by Gasteiger charge is -2.35. The molecule has 2 aromatic heterocycles. The number of hydrogen-bond donors (Lipinski definition) is 6. The van der Waals surface area contributed by atoms with Gasteiger partial charge in [0.25, 0.3) is 17.7 Å². The van der Waals surface area contributed by atoms with E-state index < -0.39 is 53.1 Å². The van der Waals surface area contributed by atoms with Crippen molar-refractivity contribution in [3.8, 4) is 33.3 Å². The number of nitrogens with one attached hydrogen (secondary N) is 4. The second-order valence-corrected chi connectivity index (χ2v) is 19.7. The number of aliphatic hydroxyl groups excluding tert-OH is 1. The van der Waals surface area contributed by atoms with E-state index in [1.54, 1.807) is 49.1 Å². The highest BCUT2D eigenvalue weighted by Crippen LogP contribution is 2.35. The van der Waals surface area contributed by atoms with Gasteiger partial charge in [-0.25, -0.2) is 4.98 Å². The van der Waals surface area contributed by atoms with Gasteiger partial charge in [-0.1, -0.05) is 62.3 Å². The number of carbonyl (C=O) groups excluding carboxylic acids is 6. The van der Waals surface area contributed by atoms with Crippen molar-refractivity contribution in [2.45, 2.75) is 84.2 Å². The first-order chi connectivity index (χ1) is 33.9. The van der Waals surface area contributed by atoms with Crippen LogP contribution < -0.4 is 26.0 Å². The van der Waals surface area contributed by atoms with E-state index in [2.05, 4.69) is 31.4 Å². The van der Waals surface area contributed by atoms with Gasteiger partial charge < -0.3 is 55.3 Å². The number of phenols is 1. The zero-order chi connectivity index (χ0) is 51.0. The molecular weight excluding hydrogens is 933 g/mol. The molecule has 0 saturated carbocycles. The van der Waals surface area contributed by atoms with Crippen LogP contribution in [0.3, 0.4) is 0 Å². The molecule has 1 aliphatic heterocycles.